The smallest absolute Gasteiger partial charge is 0.475 e. The van der Waals surface area contributed by atoms with Crippen LogP contribution in [0.2, 0.25) is 10.0 Å². The highest BCUT2D eigenvalue weighted by atomic mass is 35.5. The largest absolute Gasteiger partial charge is 0.490 e. The number of carbonyl (C=O) groups is 6. The lowest BCUT2D eigenvalue weighted by molar-refractivity contribution is -0.193. The highest BCUT2D eigenvalue weighted by molar-refractivity contribution is 6.31. The van der Waals surface area contributed by atoms with E-state index in [4.69, 9.17) is 43.0 Å². The van der Waals surface area contributed by atoms with Gasteiger partial charge in [0.25, 0.3) is 11.1 Å². The van der Waals surface area contributed by atoms with Gasteiger partial charge in [0, 0.05) is 73.3 Å². The lowest BCUT2D eigenvalue weighted by atomic mass is 9.80. The Bertz CT molecular complexity index is 3190. The molecule has 18 nitrogen and oxygen atoms in total. The Labute approximate surface area is 460 Å². The molecule has 0 bridgehead atoms. The first-order valence-electron chi connectivity index (χ1n) is 25.2. The Kier molecular flexibility index (Phi) is 19.4. The topological polar surface area (TPSA) is 265 Å². The number of carboxylic acid groups (broad SMARTS) is 2. The molecule has 6 aromatic rings. The van der Waals surface area contributed by atoms with Crippen molar-refractivity contribution >= 4 is 91.9 Å². The van der Waals surface area contributed by atoms with Gasteiger partial charge in [-0.1, -0.05) is 59.6 Å². The van der Waals surface area contributed by atoms with Crippen molar-refractivity contribution in [2.24, 2.45) is 11.8 Å². The number of aromatic nitrogens is 4. The Morgan fingerprint density at radius 3 is 1.23 bits per heavy atom. The van der Waals surface area contributed by atoms with Crippen molar-refractivity contribution in [1.82, 2.24) is 29.7 Å². The van der Waals surface area contributed by atoms with Gasteiger partial charge in [-0.25, -0.2) is 19.6 Å². The van der Waals surface area contributed by atoms with Gasteiger partial charge in [-0.3, -0.25) is 28.8 Å². The molecule has 6 N–H and O–H groups in total. The number of aromatic amines is 2. The van der Waals surface area contributed by atoms with E-state index in [-0.39, 0.29) is 58.4 Å². The van der Waals surface area contributed by atoms with Gasteiger partial charge in [-0.05, 0) is 110 Å². The van der Waals surface area contributed by atoms with Crippen LogP contribution in [0.3, 0.4) is 0 Å². The number of hydrogen-bond donors (Lipinski definition) is 6. The Morgan fingerprint density at radius 2 is 0.887 bits per heavy atom. The number of amides is 4. The molecule has 26 heteroatoms. The van der Waals surface area contributed by atoms with Crippen LogP contribution >= 0.6 is 23.2 Å². The highest BCUT2D eigenvalue weighted by Gasteiger charge is 2.41. The van der Waals surface area contributed by atoms with Gasteiger partial charge >= 0.3 is 24.3 Å². The van der Waals surface area contributed by atoms with Gasteiger partial charge in [0.2, 0.25) is 23.6 Å². The summed E-state index contributed by atoms with van der Waals surface area (Å²) in [5.41, 5.74) is 4.66. The summed E-state index contributed by atoms with van der Waals surface area (Å²) in [5, 5.41) is 22.5. The van der Waals surface area contributed by atoms with Crippen LogP contribution in [0.1, 0.15) is 86.0 Å². The fourth-order valence-corrected chi connectivity index (χ4v) is 10.4. The van der Waals surface area contributed by atoms with Crippen molar-refractivity contribution in [3.05, 3.63) is 138 Å². The number of piperidine rings is 2. The molecule has 0 spiro atoms. The van der Waals surface area contributed by atoms with E-state index in [1.165, 1.54) is 0 Å². The molecule has 2 aromatic heterocycles. The number of rotatable bonds is 10. The van der Waals surface area contributed by atoms with E-state index in [1.807, 2.05) is 70.5 Å². The number of likely N-dealkylation sites (tertiary alicyclic amines) is 2. The molecule has 4 aromatic carbocycles. The van der Waals surface area contributed by atoms with E-state index >= 15 is 0 Å². The third-order valence-electron chi connectivity index (χ3n) is 13.9. The predicted molar refractivity (Wildman–Crippen MR) is 282 cm³/mol. The average Bonchev–Trinajstić information content (AvgIpc) is 3.94. The zero-order chi connectivity index (χ0) is 58.1. The summed E-state index contributed by atoms with van der Waals surface area (Å²) in [5.74, 6) is -3.96. The summed E-state index contributed by atoms with van der Waals surface area (Å²) >= 11 is 12.1. The number of carbonyl (C=O) groups excluding carboxylic acids is 4. The van der Waals surface area contributed by atoms with Crippen molar-refractivity contribution in [2.45, 2.75) is 88.4 Å². The van der Waals surface area contributed by atoms with Gasteiger partial charge in [-0.15, -0.1) is 0 Å². The number of aryl methyl sites for hydroxylation is 2. The lowest BCUT2D eigenvalue weighted by Crippen LogP contribution is -2.40. The molecule has 0 radical (unpaired) electrons. The number of carboxylic acids is 2. The molecule has 10 rings (SSSR count). The number of fused-ring (bicyclic) bond motifs is 4. The van der Waals surface area contributed by atoms with Crippen LogP contribution in [-0.4, -0.2) is 114 Å². The first-order valence-corrected chi connectivity index (χ1v) is 26.0. The number of alkyl halides is 6. The van der Waals surface area contributed by atoms with Crippen molar-refractivity contribution in [2.75, 3.05) is 36.8 Å². The predicted octanol–water partition coefficient (Wildman–Crippen LogP) is 9.01. The maximum Gasteiger partial charge on any atom is 0.490 e. The zero-order valence-corrected chi connectivity index (χ0v) is 43.8. The molecule has 6 heterocycles. The van der Waals surface area contributed by atoms with Gasteiger partial charge in [0.15, 0.2) is 0 Å². The minimum atomic E-state index is -5.08. The molecule has 4 aliphatic heterocycles. The molecule has 2 unspecified atom stereocenters. The molecular formula is C54H52Cl2F6N8O10. The second-order valence-electron chi connectivity index (χ2n) is 19.2. The molecule has 4 amide bonds. The Hall–Kier alpha value is -7.86. The van der Waals surface area contributed by atoms with Crippen LogP contribution in [0.25, 0.3) is 21.8 Å². The fraction of sp³-hybridized carbons (Fsp3) is 0.370. The number of nitrogens with one attached hydrogen (secondary N) is 4. The monoisotopic (exact) mass is 1160 g/mol. The first kappa shape index (κ1) is 59.8. The first-order chi connectivity index (χ1) is 37.9. The molecular weight excluding hydrogens is 1110 g/mol. The number of para-hydroxylation sites is 2. The summed E-state index contributed by atoms with van der Waals surface area (Å²) < 4.78 is 63.5. The third-order valence-corrected chi connectivity index (χ3v) is 14.4. The second kappa shape index (κ2) is 25.9. The van der Waals surface area contributed by atoms with E-state index in [0.717, 1.165) is 48.2 Å². The normalized spacial score (nSPS) is 17.1. The minimum Gasteiger partial charge on any atom is -0.475 e. The molecule has 2 atom stereocenters. The van der Waals surface area contributed by atoms with Crippen molar-refractivity contribution in [1.29, 1.82) is 0 Å². The highest BCUT2D eigenvalue weighted by Crippen LogP contribution is 2.44. The molecule has 80 heavy (non-hydrogen) atoms. The van der Waals surface area contributed by atoms with Crippen molar-refractivity contribution < 1.29 is 65.3 Å². The van der Waals surface area contributed by atoms with Crippen LogP contribution in [0.5, 0.6) is 0 Å². The summed E-state index contributed by atoms with van der Waals surface area (Å²) in [6.45, 7) is 2.62. The molecule has 0 saturated carbocycles. The number of nitrogens with zero attached hydrogens (tertiary/aromatic N) is 4. The van der Waals surface area contributed by atoms with Gasteiger partial charge in [-0.2, -0.15) is 26.3 Å². The molecule has 4 aliphatic rings. The standard InChI is InChI=1S/2C25H25ClN4O3.2C2HF3O2/c2*26-16-8-9-17-20(14-16)28-25(33)23(17)15-10-12-30(13-11-15)22(31)7-3-6-21-27-19-5-2-1-4-18(19)24(32)29-21;2*3-2(4,5)1(6)7/h2*1-2,4-5,8-9,14-15,23H,3,6-7,10-13H2,(H,28,33)(H,27,29,32);2*(H,6,7). The van der Waals surface area contributed by atoms with Gasteiger partial charge in [0.05, 0.1) is 33.6 Å². The quantitative estimate of drug-likeness (QED) is 0.0702. The number of halogens is 8. The van der Waals surface area contributed by atoms with E-state index in [9.17, 15) is 55.1 Å². The fourth-order valence-electron chi connectivity index (χ4n) is 10.1. The SMILES string of the molecule is O=C(O)C(F)(F)F.O=C(O)C(F)(F)F.O=C1Nc2cc(Cl)ccc2C1C1CCN(C(=O)CCCc2nc3ccccc3c(=O)[nH]2)CC1.O=C1Nc2cc(Cl)ccc2C1C1CCN(C(=O)CCCc2nc3ccccc3c(=O)[nH]2)CC1. The van der Waals surface area contributed by atoms with Crippen LogP contribution < -0.4 is 21.8 Å². The van der Waals surface area contributed by atoms with Crippen molar-refractivity contribution in [3.8, 4) is 0 Å². The minimum absolute atomic E-state index is 0.0221. The maximum absolute atomic E-state index is 12.7. The molecule has 424 valence electrons. The van der Waals surface area contributed by atoms with Crippen LogP contribution in [-0.2, 0) is 41.6 Å². The summed E-state index contributed by atoms with van der Waals surface area (Å²) in [7, 11) is 0. The lowest BCUT2D eigenvalue weighted by Gasteiger charge is -2.34. The van der Waals surface area contributed by atoms with Gasteiger partial charge < -0.3 is 40.6 Å². The number of H-pyrrole nitrogens is 2. The van der Waals surface area contributed by atoms with Crippen LogP contribution in [0.15, 0.2) is 94.5 Å². The zero-order valence-electron chi connectivity index (χ0n) is 42.3. The summed E-state index contributed by atoms with van der Waals surface area (Å²) in [4.78, 5) is 111. The van der Waals surface area contributed by atoms with E-state index in [2.05, 4.69) is 30.6 Å². The Morgan fingerprint density at radius 1 is 0.550 bits per heavy atom. The number of anilines is 2. The number of aliphatic carboxylic acids is 2. The number of benzene rings is 4. The molecule has 2 saturated heterocycles. The maximum atomic E-state index is 12.7. The molecule has 2 fully saturated rings. The van der Waals surface area contributed by atoms with E-state index in [1.54, 1.807) is 24.3 Å². The van der Waals surface area contributed by atoms with Crippen molar-refractivity contribution in [3.63, 3.8) is 0 Å². The third kappa shape index (κ3) is 15.3. The van der Waals surface area contributed by atoms with Crippen LogP contribution in [0.4, 0.5) is 37.7 Å². The molecule has 0 aliphatic carbocycles. The van der Waals surface area contributed by atoms with Crippen LogP contribution in [0, 0.1) is 11.8 Å². The van der Waals surface area contributed by atoms with E-state index < -0.39 is 24.3 Å². The number of hydrogen-bond acceptors (Lipinski definition) is 10. The van der Waals surface area contributed by atoms with Gasteiger partial charge in [0.1, 0.15) is 11.6 Å². The van der Waals surface area contributed by atoms with E-state index in [0.29, 0.717) is 108 Å². The summed E-state index contributed by atoms with van der Waals surface area (Å²) in [6.07, 6.45) is -3.82. The average molecular weight is 1160 g/mol. The summed E-state index contributed by atoms with van der Waals surface area (Å²) in [6, 6.07) is 25.6. The second-order valence-corrected chi connectivity index (χ2v) is 20.1. The Balaban J connectivity index is 0.000000187.